The average molecular weight is 1010 g/mol. The molecule has 3 aromatic rings. The number of carbonyl (C=O) groups is 2. The highest BCUT2D eigenvalue weighted by molar-refractivity contribution is 7.44. The molecular weight excluding hydrogens is 928 g/mol. The fraction of sp³-hybridized carbons (Fsp3) is 0.596. The van der Waals surface area contributed by atoms with Crippen LogP contribution >= 0.6 is 8.53 Å². The van der Waals surface area contributed by atoms with E-state index in [-0.39, 0.29) is 48.2 Å². The second kappa shape index (κ2) is 22.4. The monoisotopic (exact) mass is 1010 g/mol. The van der Waals surface area contributed by atoms with Gasteiger partial charge in [0.2, 0.25) is 0 Å². The molecule has 0 radical (unpaired) electrons. The van der Waals surface area contributed by atoms with E-state index in [1.165, 1.54) is 4.90 Å². The molecule has 2 saturated heterocycles. The van der Waals surface area contributed by atoms with Gasteiger partial charge in [-0.15, -0.1) is 0 Å². The van der Waals surface area contributed by atoms with Crippen LogP contribution in [0.4, 0.5) is 4.79 Å². The number of benzene rings is 3. The van der Waals surface area contributed by atoms with Crippen LogP contribution in [-0.2, 0) is 37.8 Å². The number of nitriles is 1. The van der Waals surface area contributed by atoms with Crippen molar-refractivity contribution in [3.63, 3.8) is 0 Å². The maximum Gasteiger partial charge on any atom is 0.328 e. The van der Waals surface area contributed by atoms with Crippen molar-refractivity contribution in [2.75, 3.05) is 27.4 Å². The van der Waals surface area contributed by atoms with Crippen LogP contribution < -0.4 is 14.8 Å². The summed E-state index contributed by atoms with van der Waals surface area (Å²) in [5, 5.41) is 11.7. The largest absolute Gasteiger partial charge is 0.497 e. The number of hydrogen-bond acceptors (Lipinski definition) is 12. The van der Waals surface area contributed by atoms with Gasteiger partial charge >= 0.3 is 6.03 Å². The third-order valence-electron chi connectivity index (χ3n) is 14.1. The lowest BCUT2D eigenvalue weighted by atomic mass is 9.80. The predicted molar refractivity (Wildman–Crippen MR) is 276 cm³/mol. The molecule has 1 unspecified atom stereocenters. The van der Waals surface area contributed by atoms with Crippen molar-refractivity contribution in [2.24, 2.45) is 0 Å². The van der Waals surface area contributed by atoms with Gasteiger partial charge in [-0.1, -0.05) is 96.1 Å². The van der Waals surface area contributed by atoms with E-state index >= 15 is 0 Å². The van der Waals surface area contributed by atoms with Gasteiger partial charge in [0, 0.05) is 18.5 Å². The van der Waals surface area contributed by atoms with E-state index in [4.69, 9.17) is 36.8 Å². The molecule has 3 aromatic carbocycles. The molecule has 0 bridgehead atoms. The molecule has 0 saturated carbocycles. The molecule has 3 amide bonds. The van der Waals surface area contributed by atoms with Crippen LogP contribution in [0.5, 0.6) is 11.5 Å². The Morgan fingerprint density at radius 1 is 0.826 bits per heavy atom. The summed E-state index contributed by atoms with van der Waals surface area (Å²) >= 11 is 0. The van der Waals surface area contributed by atoms with Crippen molar-refractivity contribution in [1.29, 1.82) is 5.26 Å². The zero-order valence-electron chi connectivity index (χ0n) is 44.2. The summed E-state index contributed by atoms with van der Waals surface area (Å²) in [6, 6.07) is 27.2. The number of imide groups is 1. The first-order valence-corrected chi connectivity index (χ1v) is 31.0. The Hall–Kier alpha value is -3.73. The molecule has 2 fully saturated rings. The van der Waals surface area contributed by atoms with Crippen molar-refractivity contribution in [1.82, 2.24) is 14.9 Å². The standard InChI is InChI=1S/C52H79N4O10PSi2/c1-36(2)56(37(3)4)67(62-33-21-32-53)64-43-34-45(55-47(65-68(14,15)49(5,6)7)51(11,46(57)54-48(55)58)66-69(16,17)50(8,9)10)63-44(43)35-61-52(38-22-19-18-20-23-38,39-24-28-41(59-12)29-25-39)40-26-30-42(60-13)31-27-40/h18-20,22-31,36-37,43-45,47H,21,33-35H2,1-17H3,(H,54,57,58)/t43-,44+,45+,47+,51+,67?/m0/s1. The highest BCUT2D eigenvalue weighted by atomic mass is 31.2. The Bertz CT molecular complexity index is 2160. The van der Waals surface area contributed by atoms with Crippen molar-refractivity contribution in [2.45, 2.75) is 173 Å². The van der Waals surface area contributed by atoms with Crippen LogP contribution in [0.3, 0.4) is 0 Å². The fourth-order valence-corrected chi connectivity index (χ4v) is 12.8. The van der Waals surface area contributed by atoms with Gasteiger partial charge in [-0.05, 0) is 112 Å². The molecule has 5 rings (SSSR count). The van der Waals surface area contributed by atoms with Gasteiger partial charge in [0.1, 0.15) is 29.4 Å². The van der Waals surface area contributed by atoms with E-state index in [0.717, 1.165) is 16.7 Å². The first-order valence-electron chi connectivity index (χ1n) is 24.1. The minimum atomic E-state index is -2.76. The normalized spacial score (nSPS) is 22.3. The molecule has 2 aliphatic heterocycles. The second-order valence-electron chi connectivity index (χ2n) is 21.7. The van der Waals surface area contributed by atoms with Gasteiger partial charge in [0.05, 0.1) is 46.0 Å². The molecule has 0 spiro atoms. The lowest BCUT2D eigenvalue weighted by molar-refractivity contribution is -0.187. The van der Waals surface area contributed by atoms with Crippen LogP contribution in [0.1, 0.15) is 106 Å². The van der Waals surface area contributed by atoms with E-state index < -0.39 is 73.0 Å². The number of nitrogens with one attached hydrogen (secondary N) is 1. The third kappa shape index (κ3) is 12.3. The van der Waals surface area contributed by atoms with E-state index in [0.29, 0.717) is 11.5 Å². The van der Waals surface area contributed by atoms with E-state index in [1.54, 1.807) is 21.1 Å². The summed E-state index contributed by atoms with van der Waals surface area (Å²) in [4.78, 5) is 30.7. The summed E-state index contributed by atoms with van der Waals surface area (Å²) in [6.07, 6.45) is -3.35. The molecule has 2 heterocycles. The zero-order valence-corrected chi connectivity index (χ0v) is 47.1. The highest BCUT2D eigenvalue weighted by Crippen LogP contribution is 2.52. The fourth-order valence-electron chi connectivity index (χ4n) is 8.28. The Balaban J connectivity index is 1.71. The molecule has 0 aliphatic carbocycles. The van der Waals surface area contributed by atoms with Gasteiger partial charge in [0.25, 0.3) is 14.4 Å². The first-order chi connectivity index (χ1) is 32.2. The number of rotatable bonds is 21. The highest BCUT2D eigenvalue weighted by Gasteiger charge is 2.62. The van der Waals surface area contributed by atoms with Crippen LogP contribution in [0, 0.1) is 11.3 Å². The topological polar surface area (TPSA) is 150 Å². The molecule has 14 nitrogen and oxygen atoms in total. The summed E-state index contributed by atoms with van der Waals surface area (Å²) in [5.74, 6) is 0.814. The smallest absolute Gasteiger partial charge is 0.328 e. The van der Waals surface area contributed by atoms with Crippen molar-refractivity contribution >= 4 is 37.1 Å². The number of urea groups is 1. The van der Waals surface area contributed by atoms with E-state index in [1.807, 2.05) is 78.9 Å². The molecule has 17 heteroatoms. The van der Waals surface area contributed by atoms with E-state index in [2.05, 4.69) is 111 Å². The number of methoxy groups -OCH3 is 2. The summed E-state index contributed by atoms with van der Waals surface area (Å²) in [6.45, 7) is 31.3. The summed E-state index contributed by atoms with van der Waals surface area (Å²) in [5.41, 5.74) is -0.314. The Morgan fingerprint density at radius 2 is 1.33 bits per heavy atom. The number of nitrogens with zero attached hydrogens (tertiary/aromatic N) is 3. The first kappa shape index (κ1) is 56.2. The van der Waals surface area contributed by atoms with Gasteiger partial charge in [0.15, 0.2) is 28.5 Å². The minimum Gasteiger partial charge on any atom is -0.497 e. The zero-order chi connectivity index (χ0) is 51.3. The maximum absolute atomic E-state index is 14.7. The Kier molecular flexibility index (Phi) is 18.2. The molecule has 6 atom stereocenters. The summed E-state index contributed by atoms with van der Waals surface area (Å²) < 4.78 is 56.1. The molecule has 0 aromatic heterocycles. The number of hydrogen-bond donors (Lipinski definition) is 1. The second-order valence-corrected chi connectivity index (χ2v) is 32.6. The minimum absolute atomic E-state index is 0.0105. The summed E-state index contributed by atoms with van der Waals surface area (Å²) in [7, 11) is -3.99. The van der Waals surface area contributed by atoms with E-state index in [9.17, 15) is 14.9 Å². The lowest BCUT2D eigenvalue weighted by Gasteiger charge is -2.54. The molecular formula is C52H79N4O10PSi2. The quantitative estimate of drug-likeness (QED) is 0.0468. The third-order valence-corrected chi connectivity index (χ3v) is 25.3. The number of ether oxygens (including phenoxy) is 4. The maximum atomic E-state index is 14.7. The number of amides is 3. The van der Waals surface area contributed by atoms with Crippen molar-refractivity contribution in [3.05, 3.63) is 95.6 Å². The van der Waals surface area contributed by atoms with Gasteiger partial charge in [-0.25, -0.2) is 9.46 Å². The predicted octanol–water partition coefficient (Wildman–Crippen LogP) is 11.5. The Morgan fingerprint density at radius 3 is 1.80 bits per heavy atom. The average Bonchev–Trinajstić information content (AvgIpc) is 3.66. The number of carbonyl (C=O) groups excluding carboxylic acids is 2. The molecule has 2 aliphatic rings. The molecule has 69 heavy (non-hydrogen) atoms. The van der Waals surface area contributed by atoms with Crippen molar-refractivity contribution in [3.8, 4) is 17.6 Å². The van der Waals surface area contributed by atoms with Crippen LogP contribution in [-0.4, -0.2) is 108 Å². The van der Waals surface area contributed by atoms with Crippen LogP contribution in [0.2, 0.25) is 36.3 Å². The van der Waals surface area contributed by atoms with Crippen molar-refractivity contribution < 1.29 is 46.4 Å². The van der Waals surface area contributed by atoms with Gasteiger partial charge in [-0.2, -0.15) is 5.26 Å². The van der Waals surface area contributed by atoms with Crippen LogP contribution in [0.15, 0.2) is 78.9 Å². The van der Waals surface area contributed by atoms with Crippen LogP contribution in [0.25, 0.3) is 0 Å². The Labute approximate surface area is 415 Å². The molecule has 380 valence electrons. The SMILES string of the molecule is COc1ccc(C(OC[C@H]2O[C@@H](N3C(=O)NC(=O)[C@@](C)(O[Si](C)(C)C(C)(C)C)[C@H]3O[Si](C)(C)C(C)(C)C)C[C@@H]2OP(OCCC#N)N(C(C)C)C(C)C)(c2ccccc2)c2ccc(OC)cc2)cc1. The molecule has 1 N–H and O–H groups in total. The lowest BCUT2D eigenvalue weighted by Crippen LogP contribution is -2.75. The van der Waals surface area contributed by atoms with Gasteiger partial charge < -0.3 is 36.8 Å². The van der Waals surface area contributed by atoms with Gasteiger partial charge in [-0.3, -0.25) is 15.0 Å².